The second-order valence-corrected chi connectivity index (χ2v) is 4.55. The molecular weight excluding hydrogens is 228 g/mol. The van der Waals surface area contributed by atoms with Crippen molar-refractivity contribution in [2.24, 2.45) is 0 Å². The Morgan fingerprint density at radius 1 is 1.44 bits per heavy atom. The minimum Gasteiger partial charge on any atom is -0.352 e. The maximum atomic E-state index is 12.0. The van der Waals surface area contributed by atoms with Gasteiger partial charge in [-0.15, -0.1) is 0 Å². The highest BCUT2D eigenvalue weighted by atomic mass is 16.1. The van der Waals surface area contributed by atoms with E-state index in [1.807, 2.05) is 32.3 Å². The lowest BCUT2D eigenvalue weighted by Crippen LogP contribution is -2.27. The monoisotopic (exact) mass is 246 g/mol. The number of carbonyl (C=O) groups excluding carboxylic acids is 1. The van der Waals surface area contributed by atoms with Crippen molar-refractivity contribution in [3.8, 4) is 0 Å². The Hall–Kier alpha value is -1.88. The number of fused-ring (bicyclic) bond motifs is 1. The molecule has 0 saturated carbocycles. The number of H-pyrrole nitrogens is 1. The van der Waals surface area contributed by atoms with Gasteiger partial charge in [-0.1, -0.05) is 6.07 Å². The number of rotatable bonds is 5. The third-order valence-electron chi connectivity index (χ3n) is 2.80. The number of nitrogens with zero attached hydrogens (tertiary/aromatic N) is 2. The van der Waals surface area contributed by atoms with Crippen molar-refractivity contribution in [3.63, 3.8) is 0 Å². The molecule has 1 amide bonds. The summed E-state index contributed by atoms with van der Waals surface area (Å²) in [6, 6.07) is 5.58. The van der Waals surface area contributed by atoms with Crippen LogP contribution in [0, 0.1) is 0 Å². The van der Waals surface area contributed by atoms with Gasteiger partial charge >= 0.3 is 0 Å². The molecule has 0 aliphatic carbocycles. The zero-order valence-corrected chi connectivity index (χ0v) is 10.7. The summed E-state index contributed by atoms with van der Waals surface area (Å²) in [5.74, 6) is -0.0410. The smallest absolute Gasteiger partial charge is 0.252 e. The van der Waals surface area contributed by atoms with Crippen LogP contribution in [0.5, 0.6) is 0 Å². The van der Waals surface area contributed by atoms with Gasteiger partial charge in [0.25, 0.3) is 5.91 Å². The van der Waals surface area contributed by atoms with Gasteiger partial charge in [0.15, 0.2) is 0 Å². The normalized spacial score (nSPS) is 11.1. The maximum absolute atomic E-state index is 12.0. The summed E-state index contributed by atoms with van der Waals surface area (Å²) in [7, 11) is 4.04. The molecule has 5 heteroatoms. The predicted molar refractivity (Wildman–Crippen MR) is 71.6 cm³/mol. The van der Waals surface area contributed by atoms with E-state index in [1.165, 1.54) is 0 Å². The molecule has 0 atom stereocenters. The van der Waals surface area contributed by atoms with Crippen molar-refractivity contribution in [2.45, 2.75) is 6.42 Å². The van der Waals surface area contributed by atoms with E-state index in [0.717, 1.165) is 23.9 Å². The Morgan fingerprint density at radius 2 is 2.28 bits per heavy atom. The van der Waals surface area contributed by atoms with Gasteiger partial charge in [-0.05, 0) is 39.2 Å². The predicted octanol–water partition coefficient (Wildman–Crippen LogP) is 1.24. The number of carbonyl (C=O) groups is 1. The van der Waals surface area contributed by atoms with Gasteiger partial charge < -0.3 is 10.2 Å². The van der Waals surface area contributed by atoms with Crippen molar-refractivity contribution in [1.29, 1.82) is 0 Å². The number of hydrogen-bond acceptors (Lipinski definition) is 3. The van der Waals surface area contributed by atoms with Gasteiger partial charge in [0.1, 0.15) is 0 Å². The number of amides is 1. The van der Waals surface area contributed by atoms with E-state index in [2.05, 4.69) is 20.4 Å². The summed E-state index contributed by atoms with van der Waals surface area (Å²) in [5.41, 5.74) is 1.56. The van der Waals surface area contributed by atoms with E-state index in [-0.39, 0.29) is 5.91 Å². The number of aromatic nitrogens is 2. The van der Waals surface area contributed by atoms with Crippen molar-refractivity contribution in [3.05, 3.63) is 30.0 Å². The van der Waals surface area contributed by atoms with E-state index in [4.69, 9.17) is 0 Å². The molecule has 0 unspecified atom stereocenters. The number of benzene rings is 1. The SMILES string of the molecule is CN(C)CCCNC(=O)c1cccc2[nH]ncc12. The molecule has 0 saturated heterocycles. The van der Waals surface area contributed by atoms with E-state index in [9.17, 15) is 4.79 Å². The lowest BCUT2D eigenvalue weighted by Gasteiger charge is -2.10. The Balaban J connectivity index is 1.98. The average molecular weight is 246 g/mol. The molecule has 0 spiro atoms. The van der Waals surface area contributed by atoms with Gasteiger partial charge in [0.05, 0.1) is 17.3 Å². The molecule has 2 aromatic rings. The third kappa shape index (κ3) is 2.87. The second-order valence-electron chi connectivity index (χ2n) is 4.55. The molecule has 0 aliphatic heterocycles. The number of aromatic amines is 1. The lowest BCUT2D eigenvalue weighted by molar-refractivity contribution is 0.0954. The third-order valence-corrected chi connectivity index (χ3v) is 2.80. The van der Waals surface area contributed by atoms with Gasteiger partial charge in [0.2, 0.25) is 0 Å². The van der Waals surface area contributed by atoms with Crippen molar-refractivity contribution in [2.75, 3.05) is 27.2 Å². The fourth-order valence-corrected chi connectivity index (χ4v) is 1.86. The Kier molecular flexibility index (Phi) is 3.94. The molecule has 2 rings (SSSR count). The molecule has 0 aliphatic rings. The molecule has 0 fully saturated rings. The van der Waals surface area contributed by atoms with E-state index < -0.39 is 0 Å². The van der Waals surface area contributed by atoms with Crippen LogP contribution in [0.4, 0.5) is 0 Å². The standard InChI is InChI=1S/C13H18N4O/c1-17(2)8-4-7-14-13(18)10-5-3-6-12-11(10)9-15-16-12/h3,5-6,9H,4,7-8H2,1-2H3,(H,14,18)(H,15,16). The molecule has 1 aromatic heterocycles. The largest absolute Gasteiger partial charge is 0.352 e. The first-order valence-corrected chi connectivity index (χ1v) is 6.03. The van der Waals surface area contributed by atoms with E-state index >= 15 is 0 Å². The van der Waals surface area contributed by atoms with Crippen LogP contribution in [0.15, 0.2) is 24.4 Å². The molecule has 96 valence electrons. The number of nitrogens with one attached hydrogen (secondary N) is 2. The fraction of sp³-hybridized carbons (Fsp3) is 0.385. The summed E-state index contributed by atoms with van der Waals surface area (Å²) < 4.78 is 0. The first-order chi connectivity index (χ1) is 8.68. The van der Waals surface area contributed by atoms with Crippen LogP contribution in [0.1, 0.15) is 16.8 Å². The Morgan fingerprint density at radius 3 is 3.06 bits per heavy atom. The summed E-state index contributed by atoms with van der Waals surface area (Å²) in [5, 5.41) is 10.6. The minimum absolute atomic E-state index is 0.0410. The van der Waals surface area contributed by atoms with Crippen LogP contribution in [-0.4, -0.2) is 48.2 Å². The number of hydrogen-bond donors (Lipinski definition) is 2. The quantitative estimate of drug-likeness (QED) is 0.780. The van der Waals surface area contributed by atoms with Crippen LogP contribution in [0.2, 0.25) is 0 Å². The molecule has 5 nitrogen and oxygen atoms in total. The summed E-state index contributed by atoms with van der Waals surface area (Å²) in [6.45, 7) is 1.65. The van der Waals surface area contributed by atoms with Crippen LogP contribution in [-0.2, 0) is 0 Å². The lowest BCUT2D eigenvalue weighted by atomic mass is 10.1. The average Bonchev–Trinajstić information content (AvgIpc) is 2.82. The topological polar surface area (TPSA) is 61.0 Å². The molecule has 0 bridgehead atoms. The zero-order valence-electron chi connectivity index (χ0n) is 10.7. The van der Waals surface area contributed by atoms with Gasteiger partial charge in [-0.25, -0.2) is 0 Å². The van der Waals surface area contributed by atoms with Gasteiger partial charge in [-0.3, -0.25) is 9.89 Å². The summed E-state index contributed by atoms with van der Waals surface area (Å²) in [6.07, 6.45) is 2.63. The molecule has 0 radical (unpaired) electrons. The Bertz CT molecular complexity index is 533. The first kappa shape index (κ1) is 12.6. The molecular formula is C13H18N4O. The molecule has 1 heterocycles. The first-order valence-electron chi connectivity index (χ1n) is 6.03. The molecule has 2 N–H and O–H groups in total. The van der Waals surface area contributed by atoms with E-state index in [0.29, 0.717) is 12.1 Å². The van der Waals surface area contributed by atoms with Crippen LogP contribution in [0.25, 0.3) is 10.9 Å². The molecule has 18 heavy (non-hydrogen) atoms. The van der Waals surface area contributed by atoms with Gasteiger partial charge in [-0.2, -0.15) is 5.10 Å². The zero-order chi connectivity index (χ0) is 13.0. The highest BCUT2D eigenvalue weighted by Crippen LogP contribution is 2.15. The van der Waals surface area contributed by atoms with Crippen molar-refractivity contribution < 1.29 is 4.79 Å². The van der Waals surface area contributed by atoms with Crippen LogP contribution >= 0.6 is 0 Å². The van der Waals surface area contributed by atoms with E-state index in [1.54, 1.807) is 6.20 Å². The maximum Gasteiger partial charge on any atom is 0.252 e. The molecule has 1 aromatic carbocycles. The summed E-state index contributed by atoms with van der Waals surface area (Å²) >= 11 is 0. The van der Waals surface area contributed by atoms with Crippen molar-refractivity contribution >= 4 is 16.8 Å². The Labute approximate surface area is 106 Å². The van der Waals surface area contributed by atoms with Crippen LogP contribution in [0.3, 0.4) is 0 Å². The second kappa shape index (κ2) is 5.64. The van der Waals surface area contributed by atoms with Crippen LogP contribution < -0.4 is 5.32 Å². The highest BCUT2D eigenvalue weighted by molar-refractivity contribution is 6.05. The minimum atomic E-state index is -0.0410. The summed E-state index contributed by atoms with van der Waals surface area (Å²) in [4.78, 5) is 14.1. The fourth-order valence-electron chi connectivity index (χ4n) is 1.86. The highest BCUT2D eigenvalue weighted by Gasteiger charge is 2.09. The van der Waals surface area contributed by atoms with Crippen molar-refractivity contribution in [1.82, 2.24) is 20.4 Å². The van der Waals surface area contributed by atoms with Gasteiger partial charge in [0, 0.05) is 11.9 Å².